The number of pyridine rings is 1. The second kappa shape index (κ2) is 15.6. The van der Waals surface area contributed by atoms with Crippen molar-refractivity contribution < 1.29 is 19.1 Å². The Kier molecular flexibility index (Phi) is 10.5. The Morgan fingerprint density at radius 2 is 1.63 bits per heavy atom. The Labute approximate surface area is 319 Å². The van der Waals surface area contributed by atoms with Crippen molar-refractivity contribution in [3.8, 4) is 18.1 Å². The number of hydrogen-bond acceptors (Lipinski definition) is 7. The number of benzene rings is 2. The molecule has 8 rings (SSSR count). The van der Waals surface area contributed by atoms with E-state index in [9.17, 15) is 14.4 Å². The lowest BCUT2D eigenvalue weighted by Gasteiger charge is -2.45. The lowest BCUT2D eigenvalue weighted by molar-refractivity contribution is -0.132. The van der Waals surface area contributed by atoms with Crippen molar-refractivity contribution in [2.45, 2.75) is 57.8 Å². The van der Waals surface area contributed by atoms with E-state index in [0.29, 0.717) is 86.8 Å². The van der Waals surface area contributed by atoms with E-state index in [2.05, 4.69) is 39.9 Å². The van der Waals surface area contributed by atoms with Gasteiger partial charge in [-0.1, -0.05) is 31.2 Å². The topological polar surface area (TPSA) is 89.5 Å². The van der Waals surface area contributed by atoms with Crippen LogP contribution in [0.25, 0.3) is 10.9 Å². The summed E-state index contributed by atoms with van der Waals surface area (Å²) < 4.78 is 6.30. The maximum absolute atomic E-state index is 13.8. The van der Waals surface area contributed by atoms with E-state index in [1.807, 2.05) is 47.1 Å². The molecule has 1 aromatic heterocycles. The molecule has 3 aromatic rings. The summed E-state index contributed by atoms with van der Waals surface area (Å²) in [6.07, 6.45) is 13.3. The van der Waals surface area contributed by atoms with Gasteiger partial charge in [0.2, 0.25) is 5.91 Å². The number of aryl methyl sites for hydroxylation is 1. The van der Waals surface area contributed by atoms with Crippen molar-refractivity contribution in [3.63, 3.8) is 0 Å². The third-order valence-corrected chi connectivity index (χ3v) is 13.2. The van der Waals surface area contributed by atoms with Crippen molar-refractivity contribution in [3.05, 3.63) is 65.4 Å². The third-order valence-electron chi connectivity index (χ3n) is 13.2. The van der Waals surface area contributed by atoms with Crippen LogP contribution in [-0.4, -0.2) is 115 Å². The molecule has 0 spiro atoms. The number of rotatable bonds is 7. The van der Waals surface area contributed by atoms with Gasteiger partial charge >= 0.3 is 6.09 Å². The second-order valence-corrected chi connectivity index (χ2v) is 16.2. The standard InChI is InChI=1S/C44H54N6O4/c1-4-18-50(43(52)39-17-12-31-8-6-7-9-38(31)45-39)29-42(51)48-25-23-47(24-26-48)40-28-37-32(27-41(40)54-44(53)49-21-19-46(3)20-22-49)11-14-35-34-13-10-30(5-2)33(34)15-16-36(35)37/h2,6-9,12,17,27-28,30,33-36H,4,10-11,13-16,18-26,29H2,1,3H3/t30?,33?,34?,35-,36?/m0/s1. The first-order valence-corrected chi connectivity index (χ1v) is 20.3. The summed E-state index contributed by atoms with van der Waals surface area (Å²) in [6, 6.07) is 15.9. The molecule has 2 aliphatic heterocycles. The quantitative estimate of drug-likeness (QED) is 0.280. The van der Waals surface area contributed by atoms with Gasteiger partial charge in [0.1, 0.15) is 12.2 Å². The zero-order chi connectivity index (χ0) is 37.3. The van der Waals surface area contributed by atoms with E-state index >= 15 is 0 Å². The van der Waals surface area contributed by atoms with Crippen LogP contribution in [0.1, 0.15) is 73.0 Å². The van der Waals surface area contributed by atoms with E-state index in [4.69, 9.17) is 11.2 Å². The zero-order valence-electron chi connectivity index (χ0n) is 31.9. The fourth-order valence-electron chi connectivity index (χ4n) is 10.3. The fraction of sp³-hybridized carbons (Fsp3) is 0.545. The van der Waals surface area contributed by atoms with Crippen LogP contribution < -0.4 is 9.64 Å². The molecule has 10 heteroatoms. The van der Waals surface area contributed by atoms with Gasteiger partial charge < -0.3 is 29.2 Å². The normalized spacial score (nSPS) is 25.4. The van der Waals surface area contributed by atoms with E-state index in [-0.39, 0.29) is 24.5 Å². The first kappa shape index (κ1) is 36.4. The lowest BCUT2D eigenvalue weighted by Crippen LogP contribution is -2.52. The van der Waals surface area contributed by atoms with E-state index in [1.165, 1.54) is 24.0 Å². The molecule has 0 bridgehead atoms. The predicted octanol–water partition coefficient (Wildman–Crippen LogP) is 5.90. The third kappa shape index (κ3) is 7.15. The number of carbonyl (C=O) groups is 3. The van der Waals surface area contributed by atoms with Crippen LogP contribution in [0.2, 0.25) is 0 Å². The van der Waals surface area contributed by atoms with Crippen molar-refractivity contribution in [1.82, 2.24) is 24.6 Å². The number of terminal acetylenes is 1. The number of anilines is 1. The number of aromatic nitrogens is 1. The molecule has 3 aliphatic carbocycles. The Hall–Kier alpha value is -4.62. The van der Waals surface area contributed by atoms with E-state index in [0.717, 1.165) is 61.8 Å². The Morgan fingerprint density at radius 1 is 0.870 bits per heavy atom. The summed E-state index contributed by atoms with van der Waals surface area (Å²) in [6.45, 7) is 7.72. The molecule has 3 amide bonds. The van der Waals surface area contributed by atoms with Crippen LogP contribution in [0.3, 0.4) is 0 Å². The average molecular weight is 731 g/mol. The van der Waals surface area contributed by atoms with Crippen molar-refractivity contribution >= 4 is 34.5 Å². The highest BCUT2D eigenvalue weighted by Crippen LogP contribution is 2.57. The van der Waals surface area contributed by atoms with Gasteiger partial charge in [0.15, 0.2) is 5.75 Å². The monoisotopic (exact) mass is 730 g/mol. The number of ether oxygens (including phenoxy) is 1. The first-order valence-electron chi connectivity index (χ1n) is 20.3. The molecule has 54 heavy (non-hydrogen) atoms. The molecule has 10 nitrogen and oxygen atoms in total. The molecule has 2 saturated heterocycles. The summed E-state index contributed by atoms with van der Waals surface area (Å²) in [4.78, 5) is 55.4. The number of amides is 3. The minimum Gasteiger partial charge on any atom is -0.408 e. The molecular formula is C44H54N6O4. The predicted molar refractivity (Wildman–Crippen MR) is 211 cm³/mol. The van der Waals surface area contributed by atoms with Gasteiger partial charge in [0.25, 0.3) is 5.91 Å². The summed E-state index contributed by atoms with van der Waals surface area (Å²) in [5, 5.41) is 0.973. The maximum Gasteiger partial charge on any atom is 0.415 e. The maximum atomic E-state index is 13.8. The molecule has 5 aliphatic rings. The highest BCUT2D eigenvalue weighted by Gasteiger charge is 2.47. The van der Waals surface area contributed by atoms with Crippen molar-refractivity contribution in [1.29, 1.82) is 0 Å². The van der Waals surface area contributed by atoms with Gasteiger partial charge in [-0.3, -0.25) is 9.59 Å². The number of para-hydroxylation sites is 1. The number of nitrogens with zero attached hydrogens (tertiary/aromatic N) is 6. The van der Waals surface area contributed by atoms with E-state index in [1.54, 1.807) is 11.0 Å². The summed E-state index contributed by atoms with van der Waals surface area (Å²) in [5.41, 5.74) is 4.78. The molecule has 0 radical (unpaired) electrons. The number of fused-ring (bicyclic) bond motifs is 6. The molecule has 0 N–H and O–H groups in total. The summed E-state index contributed by atoms with van der Waals surface area (Å²) in [5.74, 6) is 6.37. The van der Waals surface area contributed by atoms with Gasteiger partial charge in [-0.2, -0.15) is 0 Å². The lowest BCUT2D eigenvalue weighted by atomic mass is 9.60. The van der Waals surface area contributed by atoms with Crippen LogP contribution in [0, 0.1) is 36.0 Å². The largest absolute Gasteiger partial charge is 0.415 e. The molecule has 2 saturated carbocycles. The number of hydrogen-bond donors (Lipinski definition) is 0. The molecule has 2 aromatic carbocycles. The summed E-state index contributed by atoms with van der Waals surface area (Å²) in [7, 11) is 2.08. The van der Waals surface area contributed by atoms with Crippen LogP contribution in [0.5, 0.6) is 5.75 Å². The van der Waals surface area contributed by atoms with Gasteiger partial charge in [0, 0.05) is 70.2 Å². The zero-order valence-corrected chi connectivity index (χ0v) is 31.9. The van der Waals surface area contributed by atoms with Crippen molar-refractivity contribution in [2.24, 2.45) is 23.7 Å². The Morgan fingerprint density at radius 3 is 2.41 bits per heavy atom. The van der Waals surface area contributed by atoms with Crippen LogP contribution in [0.4, 0.5) is 10.5 Å². The number of piperazine rings is 2. The SMILES string of the molecule is C#CC1CCC2C1CCC1c3cc(N4CCN(C(=O)CN(CCC)C(=O)c5ccc6ccccc6n5)CC4)c(OC(=O)N4CCN(C)CC4)cc3CC[C@H]12. The first-order chi connectivity index (χ1) is 26.3. The molecule has 284 valence electrons. The molecule has 4 unspecified atom stereocenters. The van der Waals surface area contributed by atoms with Crippen LogP contribution in [0.15, 0.2) is 48.5 Å². The second-order valence-electron chi connectivity index (χ2n) is 16.2. The Bertz CT molecular complexity index is 1930. The van der Waals surface area contributed by atoms with Gasteiger partial charge in [0.05, 0.1) is 11.2 Å². The minimum atomic E-state index is -0.292. The van der Waals surface area contributed by atoms with Crippen molar-refractivity contribution in [2.75, 3.05) is 77.4 Å². The molecule has 5 atom stereocenters. The smallest absolute Gasteiger partial charge is 0.408 e. The fourth-order valence-corrected chi connectivity index (χ4v) is 10.3. The number of carbonyl (C=O) groups excluding carboxylic acids is 3. The molecular weight excluding hydrogens is 677 g/mol. The van der Waals surface area contributed by atoms with Crippen LogP contribution in [-0.2, 0) is 11.2 Å². The molecule has 4 fully saturated rings. The van der Waals surface area contributed by atoms with Gasteiger partial charge in [-0.05, 0) is 111 Å². The van der Waals surface area contributed by atoms with Gasteiger partial charge in [-0.25, -0.2) is 9.78 Å². The number of likely N-dealkylation sites (N-methyl/N-ethyl adjacent to an activating group) is 1. The van der Waals surface area contributed by atoms with Crippen LogP contribution >= 0.6 is 0 Å². The van der Waals surface area contributed by atoms with Gasteiger partial charge in [-0.15, -0.1) is 12.3 Å². The molecule has 3 heterocycles. The average Bonchev–Trinajstić information content (AvgIpc) is 3.64. The van der Waals surface area contributed by atoms with E-state index < -0.39 is 0 Å². The minimum absolute atomic E-state index is 0.0136. The Balaban J connectivity index is 0.993. The highest BCUT2D eigenvalue weighted by atomic mass is 16.6. The highest BCUT2D eigenvalue weighted by molar-refractivity contribution is 5.97. The summed E-state index contributed by atoms with van der Waals surface area (Å²) >= 11 is 0.